The van der Waals surface area contributed by atoms with Gasteiger partial charge in [0.05, 0.1) is 24.5 Å². The van der Waals surface area contributed by atoms with E-state index in [0.29, 0.717) is 6.61 Å². The molecule has 0 aliphatic heterocycles. The number of fused-ring (bicyclic) bond motifs is 1. The number of rotatable bonds is 3. The smallest absolute Gasteiger partial charge is 0.137 e. The fourth-order valence-corrected chi connectivity index (χ4v) is 1.76. The summed E-state index contributed by atoms with van der Waals surface area (Å²) in [5.41, 5.74) is 9.05. The summed E-state index contributed by atoms with van der Waals surface area (Å²) < 4.78 is 7.11. The van der Waals surface area contributed by atoms with Crippen molar-refractivity contribution in [1.29, 1.82) is 0 Å². The summed E-state index contributed by atoms with van der Waals surface area (Å²) in [6, 6.07) is 5.86. The molecule has 4 heteroatoms. The van der Waals surface area contributed by atoms with Gasteiger partial charge in [0.25, 0.3) is 0 Å². The second-order valence-corrected chi connectivity index (χ2v) is 3.61. The van der Waals surface area contributed by atoms with Gasteiger partial charge in [-0.05, 0) is 19.1 Å². The van der Waals surface area contributed by atoms with Crippen molar-refractivity contribution in [3.63, 3.8) is 0 Å². The summed E-state index contributed by atoms with van der Waals surface area (Å²) in [5.74, 6) is 0. The highest BCUT2D eigenvalue weighted by atomic mass is 16.5. The van der Waals surface area contributed by atoms with Crippen LogP contribution in [0.1, 0.15) is 17.4 Å². The summed E-state index contributed by atoms with van der Waals surface area (Å²) in [4.78, 5) is 4.31. The molecule has 0 saturated carbocycles. The first-order valence-corrected chi connectivity index (χ1v) is 4.91. The Morgan fingerprint density at radius 1 is 1.53 bits per heavy atom. The Balaban J connectivity index is 2.52. The van der Waals surface area contributed by atoms with Gasteiger partial charge < -0.3 is 10.5 Å². The Kier molecular flexibility index (Phi) is 2.70. The van der Waals surface area contributed by atoms with E-state index in [9.17, 15) is 0 Å². The summed E-state index contributed by atoms with van der Waals surface area (Å²) in [7, 11) is 1.65. The molecule has 2 N–H and O–H groups in total. The van der Waals surface area contributed by atoms with Crippen LogP contribution in [0.4, 0.5) is 0 Å². The summed E-state index contributed by atoms with van der Waals surface area (Å²) in [6.45, 7) is 2.54. The minimum atomic E-state index is -0.133. The predicted octanol–water partition coefficient (Wildman–Crippen LogP) is 1.29. The standard InChI is InChI=1S/C11H15N3O/c1-8-4-3-5-11-13-6-10(14(8)11)9(12)7-15-2/h3-6,9H,7,12H2,1-2H3. The van der Waals surface area contributed by atoms with Gasteiger partial charge in [-0.3, -0.25) is 4.40 Å². The quantitative estimate of drug-likeness (QED) is 0.821. The van der Waals surface area contributed by atoms with Crippen molar-refractivity contribution in [3.8, 4) is 0 Å². The van der Waals surface area contributed by atoms with E-state index in [-0.39, 0.29) is 6.04 Å². The molecular formula is C11H15N3O. The first-order valence-electron chi connectivity index (χ1n) is 4.91. The van der Waals surface area contributed by atoms with E-state index in [0.717, 1.165) is 17.0 Å². The number of imidazole rings is 1. The molecule has 2 rings (SSSR count). The lowest BCUT2D eigenvalue weighted by Gasteiger charge is -2.11. The van der Waals surface area contributed by atoms with Crippen LogP contribution in [-0.4, -0.2) is 23.1 Å². The van der Waals surface area contributed by atoms with Crippen LogP contribution in [0, 0.1) is 6.92 Å². The van der Waals surface area contributed by atoms with Crippen molar-refractivity contribution in [2.45, 2.75) is 13.0 Å². The van der Waals surface area contributed by atoms with Crippen LogP contribution in [-0.2, 0) is 4.74 Å². The van der Waals surface area contributed by atoms with Crippen molar-refractivity contribution in [1.82, 2.24) is 9.38 Å². The second-order valence-electron chi connectivity index (χ2n) is 3.61. The first kappa shape index (κ1) is 10.1. The number of pyridine rings is 1. The Morgan fingerprint density at radius 3 is 3.07 bits per heavy atom. The van der Waals surface area contributed by atoms with E-state index >= 15 is 0 Å². The van der Waals surface area contributed by atoms with Gasteiger partial charge in [0.15, 0.2) is 0 Å². The highest BCUT2D eigenvalue weighted by molar-refractivity contribution is 5.42. The Hall–Kier alpha value is -1.39. The third-order valence-electron chi connectivity index (χ3n) is 2.48. The number of hydrogen-bond acceptors (Lipinski definition) is 3. The largest absolute Gasteiger partial charge is 0.383 e. The zero-order valence-corrected chi connectivity index (χ0v) is 8.97. The van der Waals surface area contributed by atoms with Gasteiger partial charge in [-0.2, -0.15) is 0 Å². The van der Waals surface area contributed by atoms with E-state index < -0.39 is 0 Å². The zero-order valence-electron chi connectivity index (χ0n) is 8.97. The SMILES string of the molecule is COCC(N)c1cnc2cccc(C)n12. The van der Waals surface area contributed by atoms with Gasteiger partial charge >= 0.3 is 0 Å². The molecule has 0 aliphatic rings. The number of nitrogens with two attached hydrogens (primary N) is 1. The number of nitrogens with zero attached hydrogens (tertiary/aromatic N) is 2. The number of methoxy groups -OCH3 is 1. The van der Waals surface area contributed by atoms with E-state index in [4.69, 9.17) is 10.5 Å². The van der Waals surface area contributed by atoms with Gasteiger partial charge in [-0.1, -0.05) is 6.07 Å². The predicted molar refractivity (Wildman–Crippen MR) is 58.7 cm³/mol. The van der Waals surface area contributed by atoms with Crippen LogP contribution >= 0.6 is 0 Å². The number of aromatic nitrogens is 2. The Morgan fingerprint density at radius 2 is 2.33 bits per heavy atom. The molecular weight excluding hydrogens is 190 g/mol. The van der Waals surface area contributed by atoms with Gasteiger partial charge in [0.1, 0.15) is 5.65 Å². The van der Waals surface area contributed by atoms with E-state index in [2.05, 4.69) is 9.38 Å². The zero-order chi connectivity index (χ0) is 10.8. The topological polar surface area (TPSA) is 52.5 Å². The monoisotopic (exact) mass is 205 g/mol. The minimum Gasteiger partial charge on any atom is -0.383 e. The van der Waals surface area contributed by atoms with Crippen LogP contribution < -0.4 is 5.73 Å². The third-order valence-corrected chi connectivity index (χ3v) is 2.48. The molecule has 0 fully saturated rings. The minimum absolute atomic E-state index is 0.133. The molecule has 2 aromatic rings. The van der Waals surface area contributed by atoms with E-state index in [1.807, 2.05) is 31.3 Å². The highest BCUT2D eigenvalue weighted by Gasteiger charge is 2.12. The molecule has 80 valence electrons. The third kappa shape index (κ3) is 1.73. The molecule has 15 heavy (non-hydrogen) atoms. The normalized spacial score (nSPS) is 13.3. The molecule has 4 nitrogen and oxygen atoms in total. The van der Waals surface area contributed by atoms with Crippen LogP contribution in [0.5, 0.6) is 0 Å². The van der Waals surface area contributed by atoms with Crippen LogP contribution in [0.25, 0.3) is 5.65 Å². The van der Waals surface area contributed by atoms with E-state index in [1.165, 1.54) is 0 Å². The van der Waals surface area contributed by atoms with Crippen molar-refractivity contribution in [2.24, 2.45) is 5.73 Å². The second kappa shape index (κ2) is 4.00. The van der Waals surface area contributed by atoms with Crippen molar-refractivity contribution >= 4 is 5.65 Å². The maximum atomic E-state index is 6.00. The highest BCUT2D eigenvalue weighted by Crippen LogP contribution is 2.15. The van der Waals surface area contributed by atoms with Gasteiger partial charge in [0, 0.05) is 12.8 Å². The molecule has 0 aromatic carbocycles. The Labute approximate surface area is 88.7 Å². The molecule has 0 aliphatic carbocycles. The van der Waals surface area contributed by atoms with Crippen molar-refractivity contribution in [2.75, 3.05) is 13.7 Å². The molecule has 0 spiro atoms. The maximum Gasteiger partial charge on any atom is 0.137 e. The molecule has 2 heterocycles. The van der Waals surface area contributed by atoms with Gasteiger partial charge in [-0.15, -0.1) is 0 Å². The lowest BCUT2D eigenvalue weighted by molar-refractivity contribution is 0.179. The van der Waals surface area contributed by atoms with Gasteiger partial charge in [0.2, 0.25) is 0 Å². The van der Waals surface area contributed by atoms with Crippen molar-refractivity contribution < 1.29 is 4.74 Å². The average molecular weight is 205 g/mol. The molecule has 2 aromatic heterocycles. The maximum absolute atomic E-state index is 6.00. The summed E-state index contributed by atoms with van der Waals surface area (Å²) >= 11 is 0. The summed E-state index contributed by atoms with van der Waals surface area (Å²) in [6.07, 6.45) is 1.81. The van der Waals surface area contributed by atoms with Crippen LogP contribution in [0.2, 0.25) is 0 Å². The molecule has 1 unspecified atom stereocenters. The molecule has 1 atom stereocenters. The van der Waals surface area contributed by atoms with Gasteiger partial charge in [-0.25, -0.2) is 4.98 Å². The Bertz CT molecular complexity index is 464. The average Bonchev–Trinajstić information content (AvgIpc) is 2.63. The first-order chi connectivity index (χ1) is 7.24. The summed E-state index contributed by atoms with van der Waals surface area (Å²) in [5, 5.41) is 0. The number of ether oxygens (including phenoxy) is 1. The van der Waals surface area contributed by atoms with Crippen LogP contribution in [0.15, 0.2) is 24.4 Å². The van der Waals surface area contributed by atoms with Crippen LogP contribution in [0.3, 0.4) is 0 Å². The molecule has 0 radical (unpaired) electrons. The molecule has 0 bridgehead atoms. The number of hydrogen-bond donors (Lipinski definition) is 1. The fourth-order valence-electron chi connectivity index (χ4n) is 1.76. The van der Waals surface area contributed by atoms with Crippen molar-refractivity contribution in [3.05, 3.63) is 35.8 Å². The molecule has 0 saturated heterocycles. The lowest BCUT2D eigenvalue weighted by atomic mass is 10.2. The molecule has 0 amide bonds. The fraction of sp³-hybridized carbons (Fsp3) is 0.364. The van der Waals surface area contributed by atoms with E-state index in [1.54, 1.807) is 7.11 Å². The lowest BCUT2D eigenvalue weighted by Crippen LogP contribution is -2.18. The number of aryl methyl sites for hydroxylation is 1.